The lowest BCUT2D eigenvalue weighted by Gasteiger charge is -2.37. The second-order valence-corrected chi connectivity index (χ2v) is 8.33. The summed E-state index contributed by atoms with van der Waals surface area (Å²) in [7, 11) is 1.64. The quantitative estimate of drug-likeness (QED) is 0.767. The van der Waals surface area contributed by atoms with Crippen molar-refractivity contribution < 1.29 is 14.7 Å². The molecule has 0 saturated heterocycles. The highest BCUT2D eigenvalue weighted by Crippen LogP contribution is 2.32. The fraction of sp³-hybridized carbons (Fsp3) is 0.400. The third kappa shape index (κ3) is 4.27. The van der Waals surface area contributed by atoms with Crippen LogP contribution in [0.25, 0.3) is 5.69 Å². The molecule has 2 aromatic rings. The minimum atomic E-state index is -1.01. The smallest absolute Gasteiger partial charge is 0.408 e. The summed E-state index contributed by atoms with van der Waals surface area (Å²) in [6.45, 7) is 5.51. The Kier molecular flexibility index (Phi) is 5.66. The lowest BCUT2D eigenvalue weighted by atomic mass is 10.0. The monoisotopic (exact) mass is 417 g/mol. The third-order valence-corrected chi connectivity index (χ3v) is 5.16. The fourth-order valence-corrected chi connectivity index (χ4v) is 3.80. The molecule has 2 atom stereocenters. The van der Waals surface area contributed by atoms with E-state index in [1.165, 1.54) is 9.80 Å². The average Bonchev–Trinajstić information content (AvgIpc) is 3.27. The summed E-state index contributed by atoms with van der Waals surface area (Å²) in [5, 5.41) is 14.0. The van der Waals surface area contributed by atoms with Crippen LogP contribution in [0, 0.1) is 5.92 Å². The van der Waals surface area contributed by atoms with Gasteiger partial charge in [0, 0.05) is 18.8 Å². The van der Waals surface area contributed by atoms with E-state index in [0.29, 0.717) is 12.1 Å². The summed E-state index contributed by atoms with van der Waals surface area (Å²) in [6.07, 6.45) is 7.92. The van der Waals surface area contributed by atoms with E-state index in [9.17, 15) is 14.7 Å². The highest BCUT2D eigenvalue weighted by atomic mass is 35.5. The van der Waals surface area contributed by atoms with Crippen molar-refractivity contribution in [2.45, 2.75) is 38.8 Å². The van der Waals surface area contributed by atoms with Crippen molar-refractivity contribution in [3.8, 4) is 5.69 Å². The number of carbonyl (C=O) groups is 2. The molecule has 1 N–H and O–H groups in total. The number of hydrogen-bond acceptors (Lipinski definition) is 4. The summed E-state index contributed by atoms with van der Waals surface area (Å²) in [5.41, 5.74) is 0.631. The number of anilines is 1. The van der Waals surface area contributed by atoms with Gasteiger partial charge in [0.1, 0.15) is 5.69 Å². The number of amides is 2. The van der Waals surface area contributed by atoms with E-state index in [-0.39, 0.29) is 17.1 Å². The number of pyridine rings is 1. The van der Waals surface area contributed by atoms with Gasteiger partial charge >= 0.3 is 6.09 Å². The highest BCUT2D eigenvalue weighted by Gasteiger charge is 2.38. The zero-order valence-corrected chi connectivity index (χ0v) is 17.5. The molecule has 9 heteroatoms. The second-order valence-electron chi connectivity index (χ2n) is 7.98. The molecule has 0 unspecified atom stereocenters. The molecule has 154 valence electrons. The molecule has 1 aliphatic carbocycles. The number of rotatable bonds is 4. The molecule has 1 aliphatic rings. The zero-order chi connectivity index (χ0) is 21.3. The van der Waals surface area contributed by atoms with Gasteiger partial charge in [-0.1, -0.05) is 23.8 Å². The molecule has 8 nitrogen and oxygen atoms in total. The van der Waals surface area contributed by atoms with Crippen molar-refractivity contribution in [3.63, 3.8) is 0 Å². The Hall–Kier alpha value is -2.87. The standard InChI is InChI=1S/C20H24ClN5O3/c1-20(2,3)26(19(28)29)14-8-7-13(10-14)18(27)24(4)16-12-25(23-17(16)21)15-6-5-9-22-11-15/h5-9,11-14H,10H2,1-4H3,(H,28,29)/t13-,14+/m1/s1. The highest BCUT2D eigenvalue weighted by molar-refractivity contribution is 6.32. The zero-order valence-electron chi connectivity index (χ0n) is 16.8. The van der Waals surface area contributed by atoms with Crippen LogP contribution >= 0.6 is 11.6 Å². The summed E-state index contributed by atoms with van der Waals surface area (Å²) >= 11 is 6.27. The number of halogens is 1. The molecule has 3 rings (SSSR count). The summed E-state index contributed by atoms with van der Waals surface area (Å²) in [4.78, 5) is 31.6. The third-order valence-electron chi connectivity index (χ3n) is 4.89. The maximum absolute atomic E-state index is 13.0. The molecule has 0 saturated carbocycles. The Morgan fingerprint density at radius 3 is 2.62 bits per heavy atom. The maximum Gasteiger partial charge on any atom is 0.408 e. The molecule has 0 spiro atoms. The molecule has 29 heavy (non-hydrogen) atoms. The van der Waals surface area contributed by atoms with Crippen LogP contribution in [-0.2, 0) is 4.79 Å². The molecular weight excluding hydrogens is 394 g/mol. The van der Waals surface area contributed by atoms with E-state index in [4.69, 9.17) is 11.6 Å². The van der Waals surface area contributed by atoms with Crippen LogP contribution in [-0.4, -0.2) is 55.4 Å². The van der Waals surface area contributed by atoms with Gasteiger partial charge in [0.15, 0.2) is 5.15 Å². The molecule has 0 radical (unpaired) electrons. The van der Waals surface area contributed by atoms with Gasteiger partial charge in [-0.25, -0.2) is 9.48 Å². The maximum atomic E-state index is 13.0. The largest absolute Gasteiger partial charge is 0.465 e. The van der Waals surface area contributed by atoms with Crippen molar-refractivity contribution in [2.75, 3.05) is 11.9 Å². The van der Waals surface area contributed by atoms with E-state index in [2.05, 4.69) is 10.1 Å². The van der Waals surface area contributed by atoms with Gasteiger partial charge in [0.25, 0.3) is 0 Å². The predicted molar refractivity (Wildman–Crippen MR) is 110 cm³/mol. The first-order valence-corrected chi connectivity index (χ1v) is 9.61. The molecule has 0 aliphatic heterocycles. The molecule has 2 aromatic heterocycles. The van der Waals surface area contributed by atoms with Gasteiger partial charge in [0.05, 0.1) is 30.0 Å². The number of aromatic nitrogens is 3. The van der Waals surface area contributed by atoms with Crippen LogP contribution in [0.5, 0.6) is 0 Å². The molecule has 0 aromatic carbocycles. The van der Waals surface area contributed by atoms with Crippen LogP contribution in [0.4, 0.5) is 10.5 Å². The second kappa shape index (κ2) is 7.87. The van der Waals surface area contributed by atoms with Crippen LogP contribution in [0.1, 0.15) is 27.2 Å². The minimum absolute atomic E-state index is 0.171. The summed E-state index contributed by atoms with van der Waals surface area (Å²) in [6, 6.07) is 3.26. The topological polar surface area (TPSA) is 91.6 Å². The number of hydrogen-bond donors (Lipinski definition) is 1. The average molecular weight is 418 g/mol. The van der Waals surface area contributed by atoms with Gasteiger partial charge in [-0.05, 0) is 39.3 Å². The lowest BCUT2D eigenvalue weighted by molar-refractivity contribution is -0.121. The molecule has 0 fully saturated rings. The normalized spacial score (nSPS) is 18.7. The first-order chi connectivity index (χ1) is 13.6. The lowest BCUT2D eigenvalue weighted by Crippen LogP contribution is -2.50. The number of carbonyl (C=O) groups excluding carboxylic acids is 1. The van der Waals surface area contributed by atoms with E-state index >= 15 is 0 Å². The van der Waals surface area contributed by atoms with E-state index in [1.807, 2.05) is 26.8 Å². The molecule has 2 amide bonds. The van der Waals surface area contributed by atoms with Crippen molar-refractivity contribution in [1.82, 2.24) is 19.7 Å². The Morgan fingerprint density at radius 2 is 2.03 bits per heavy atom. The van der Waals surface area contributed by atoms with Gasteiger partial charge in [0.2, 0.25) is 5.91 Å². The van der Waals surface area contributed by atoms with E-state index in [1.54, 1.807) is 48.5 Å². The van der Waals surface area contributed by atoms with Crippen LogP contribution in [0.15, 0.2) is 42.9 Å². The number of nitrogens with zero attached hydrogens (tertiary/aromatic N) is 5. The van der Waals surface area contributed by atoms with Crippen molar-refractivity contribution in [2.24, 2.45) is 5.92 Å². The van der Waals surface area contributed by atoms with Crippen LogP contribution in [0.2, 0.25) is 5.15 Å². The fourth-order valence-electron chi connectivity index (χ4n) is 3.54. The Balaban J connectivity index is 1.76. The van der Waals surface area contributed by atoms with E-state index in [0.717, 1.165) is 5.69 Å². The summed E-state index contributed by atoms with van der Waals surface area (Å²) < 4.78 is 1.56. The summed E-state index contributed by atoms with van der Waals surface area (Å²) in [5.74, 6) is -0.609. The Bertz CT molecular complexity index is 935. The van der Waals surface area contributed by atoms with Gasteiger partial charge in [-0.3, -0.25) is 14.7 Å². The van der Waals surface area contributed by atoms with Gasteiger partial charge in [-0.2, -0.15) is 5.10 Å². The van der Waals surface area contributed by atoms with Crippen LogP contribution in [0.3, 0.4) is 0 Å². The van der Waals surface area contributed by atoms with Crippen molar-refractivity contribution in [1.29, 1.82) is 0 Å². The Labute approximate surface area is 174 Å². The number of carboxylic acid groups (broad SMARTS) is 1. The van der Waals surface area contributed by atoms with E-state index < -0.39 is 17.6 Å². The van der Waals surface area contributed by atoms with Gasteiger partial charge in [-0.15, -0.1) is 0 Å². The predicted octanol–water partition coefficient (Wildman–Crippen LogP) is 3.61. The van der Waals surface area contributed by atoms with Crippen LogP contribution < -0.4 is 4.90 Å². The first kappa shape index (κ1) is 20.9. The molecule has 2 heterocycles. The molecule has 0 bridgehead atoms. The Morgan fingerprint density at radius 1 is 1.31 bits per heavy atom. The molecular formula is C20H24ClN5O3. The SMILES string of the molecule is CN(C(=O)[C@@H]1C=C[C@H](N(C(=O)O)C(C)(C)C)C1)c1cn(-c2cccnc2)nc1Cl. The van der Waals surface area contributed by atoms with Crippen molar-refractivity contribution >= 4 is 29.3 Å². The minimum Gasteiger partial charge on any atom is -0.465 e. The van der Waals surface area contributed by atoms with Gasteiger partial charge < -0.3 is 10.0 Å². The first-order valence-electron chi connectivity index (χ1n) is 9.23. The van der Waals surface area contributed by atoms with Crippen molar-refractivity contribution in [3.05, 3.63) is 48.0 Å².